The molecule has 4 rings (SSSR count). The highest BCUT2D eigenvalue weighted by Crippen LogP contribution is 2.50. The molecule has 2 aromatic carbocycles. The predicted molar refractivity (Wildman–Crippen MR) is 104 cm³/mol. The van der Waals surface area contributed by atoms with Gasteiger partial charge in [-0.2, -0.15) is 0 Å². The zero-order chi connectivity index (χ0) is 19.0. The summed E-state index contributed by atoms with van der Waals surface area (Å²) in [7, 11) is 0. The minimum absolute atomic E-state index is 0.269. The number of carbonyl (C=O) groups is 1. The van der Waals surface area contributed by atoms with Gasteiger partial charge in [-0.05, 0) is 43.2 Å². The molecule has 1 saturated heterocycles. The Kier molecular flexibility index (Phi) is 5.03. The van der Waals surface area contributed by atoms with Gasteiger partial charge in [-0.3, -0.25) is 4.79 Å². The Hall–Kier alpha value is -1.79. The lowest BCUT2D eigenvalue weighted by atomic mass is 10.1. The Morgan fingerprint density at radius 1 is 1.19 bits per heavy atom. The average molecular weight is 408 g/mol. The summed E-state index contributed by atoms with van der Waals surface area (Å²) in [5.41, 5.74) is 2.31. The van der Waals surface area contributed by atoms with Gasteiger partial charge in [-0.15, -0.1) is 0 Å². The number of nitrogens with zero attached hydrogens (tertiary/aromatic N) is 1. The van der Waals surface area contributed by atoms with E-state index < -0.39 is 5.79 Å². The molecule has 2 heterocycles. The molecule has 0 saturated carbocycles. The molecule has 0 unspecified atom stereocenters. The van der Waals surface area contributed by atoms with Crippen molar-refractivity contribution in [3.8, 4) is 5.75 Å². The van der Waals surface area contributed by atoms with Gasteiger partial charge in [0.25, 0.3) is 11.7 Å². The van der Waals surface area contributed by atoms with Crippen molar-refractivity contribution in [3.05, 3.63) is 57.6 Å². The quantitative estimate of drug-likeness (QED) is 0.692. The lowest BCUT2D eigenvalue weighted by Gasteiger charge is -2.22. The number of amides is 1. The third kappa shape index (κ3) is 3.19. The molecule has 0 aromatic heterocycles. The summed E-state index contributed by atoms with van der Waals surface area (Å²) in [5.74, 6) is -0.862. The monoisotopic (exact) mass is 407 g/mol. The minimum Gasteiger partial charge on any atom is -0.494 e. The Balaban J connectivity index is 1.51. The minimum atomic E-state index is -1.40. The van der Waals surface area contributed by atoms with E-state index in [-0.39, 0.29) is 5.91 Å². The zero-order valence-electron chi connectivity index (χ0n) is 14.8. The molecular weight excluding hydrogens is 389 g/mol. The second-order valence-electron chi connectivity index (χ2n) is 6.55. The summed E-state index contributed by atoms with van der Waals surface area (Å²) < 4.78 is 17.2. The first-order chi connectivity index (χ1) is 13.0. The van der Waals surface area contributed by atoms with Crippen molar-refractivity contribution in [1.29, 1.82) is 0 Å². The highest BCUT2D eigenvalue weighted by atomic mass is 35.5. The lowest BCUT2D eigenvalue weighted by Crippen LogP contribution is -2.41. The number of aryl methyl sites for hydroxylation is 1. The summed E-state index contributed by atoms with van der Waals surface area (Å²) in [6.07, 6.45) is 0.623. The van der Waals surface area contributed by atoms with E-state index in [1.807, 2.05) is 31.2 Å². The first-order valence-corrected chi connectivity index (χ1v) is 9.56. The van der Waals surface area contributed by atoms with Gasteiger partial charge < -0.3 is 19.1 Å². The van der Waals surface area contributed by atoms with Crippen LogP contribution in [0.25, 0.3) is 0 Å². The number of hydrogen-bond donors (Lipinski definition) is 0. The molecule has 1 amide bonds. The van der Waals surface area contributed by atoms with Crippen LogP contribution >= 0.6 is 23.2 Å². The number of anilines is 1. The Labute approximate surface area is 167 Å². The van der Waals surface area contributed by atoms with Crippen molar-refractivity contribution in [3.63, 3.8) is 0 Å². The molecule has 0 N–H and O–H groups in total. The van der Waals surface area contributed by atoms with E-state index in [0.29, 0.717) is 54.1 Å². The van der Waals surface area contributed by atoms with E-state index in [1.165, 1.54) is 0 Å². The van der Waals surface area contributed by atoms with Crippen molar-refractivity contribution in [2.24, 2.45) is 0 Å². The molecule has 0 atom stereocenters. The summed E-state index contributed by atoms with van der Waals surface area (Å²) in [6.45, 7) is 3.62. The lowest BCUT2D eigenvalue weighted by molar-refractivity contribution is -0.180. The van der Waals surface area contributed by atoms with Crippen LogP contribution in [0, 0.1) is 6.92 Å². The summed E-state index contributed by atoms with van der Waals surface area (Å²) in [6, 6.07) is 11.3. The van der Waals surface area contributed by atoms with E-state index in [4.69, 9.17) is 37.4 Å². The first-order valence-electron chi connectivity index (χ1n) is 8.81. The molecule has 27 heavy (non-hydrogen) atoms. The topological polar surface area (TPSA) is 48.0 Å². The largest absolute Gasteiger partial charge is 0.494 e. The fraction of sp³-hybridized carbons (Fsp3) is 0.350. The smallest absolute Gasteiger partial charge is 0.292 e. The zero-order valence-corrected chi connectivity index (χ0v) is 16.3. The van der Waals surface area contributed by atoms with Gasteiger partial charge in [0, 0.05) is 12.1 Å². The summed E-state index contributed by atoms with van der Waals surface area (Å²) in [4.78, 5) is 14.7. The third-order valence-electron chi connectivity index (χ3n) is 4.70. The molecule has 1 spiro atoms. The van der Waals surface area contributed by atoms with Crippen LogP contribution in [-0.2, 0) is 20.1 Å². The van der Waals surface area contributed by atoms with Gasteiger partial charge in [-0.1, -0.05) is 35.3 Å². The average Bonchev–Trinajstić information content (AvgIpc) is 3.22. The number of rotatable bonds is 5. The fourth-order valence-corrected chi connectivity index (χ4v) is 3.91. The molecule has 2 aromatic rings. The number of hydrogen-bond acceptors (Lipinski definition) is 4. The first kappa shape index (κ1) is 18.6. The van der Waals surface area contributed by atoms with Gasteiger partial charge in [0.2, 0.25) is 0 Å². The van der Waals surface area contributed by atoms with Gasteiger partial charge in [0.1, 0.15) is 5.75 Å². The number of benzene rings is 2. The van der Waals surface area contributed by atoms with Crippen molar-refractivity contribution in [2.75, 3.05) is 31.3 Å². The molecule has 2 aliphatic heterocycles. The number of ether oxygens (including phenoxy) is 3. The molecular formula is C20H19Cl2NO4. The maximum atomic E-state index is 13.1. The van der Waals surface area contributed by atoms with Crippen molar-refractivity contribution in [2.45, 2.75) is 19.1 Å². The number of fused-ring (bicyclic) bond motifs is 2. The maximum absolute atomic E-state index is 13.1. The van der Waals surface area contributed by atoms with E-state index in [1.54, 1.807) is 17.0 Å². The standard InChI is InChI=1S/C20H19Cl2NO4/c1-13-4-2-5-14(12-13)25-9-3-8-23-18-15(6-7-16(21)17(18)22)20(19(23)24)26-10-11-27-20/h2,4-7,12H,3,8-11H2,1H3. The fourth-order valence-electron chi connectivity index (χ4n) is 3.49. The molecule has 0 bridgehead atoms. The van der Waals surface area contributed by atoms with Gasteiger partial charge in [0.05, 0.1) is 35.6 Å². The molecule has 0 aliphatic carbocycles. The van der Waals surface area contributed by atoms with Crippen LogP contribution in [0.5, 0.6) is 5.75 Å². The molecule has 1 fully saturated rings. The van der Waals surface area contributed by atoms with Crippen LogP contribution in [0.3, 0.4) is 0 Å². The molecule has 5 nitrogen and oxygen atoms in total. The van der Waals surface area contributed by atoms with Crippen molar-refractivity contribution in [1.82, 2.24) is 0 Å². The van der Waals surface area contributed by atoms with E-state index in [2.05, 4.69) is 0 Å². The highest BCUT2D eigenvalue weighted by Gasteiger charge is 2.56. The highest BCUT2D eigenvalue weighted by molar-refractivity contribution is 6.44. The summed E-state index contributed by atoms with van der Waals surface area (Å²) >= 11 is 12.6. The van der Waals surface area contributed by atoms with Crippen LogP contribution < -0.4 is 9.64 Å². The van der Waals surface area contributed by atoms with Gasteiger partial charge in [-0.25, -0.2) is 0 Å². The van der Waals surface area contributed by atoms with Crippen LogP contribution in [0.4, 0.5) is 5.69 Å². The Morgan fingerprint density at radius 2 is 1.96 bits per heavy atom. The van der Waals surface area contributed by atoms with E-state index in [9.17, 15) is 4.79 Å². The van der Waals surface area contributed by atoms with E-state index >= 15 is 0 Å². The molecule has 2 aliphatic rings. The number of halogens is 2. The van der Waals surface area contributed by atoms with Crippen molar-refractivity contribution >= 4 is 34.8 Å². The van der Waals surface area contributed by atoms with Gasteiger partial charge in [0.15, 0.2) is 0 Å². The Morgan fingerprint density at radius 3 is 2.70 bits per heavy atom. The molecule has 7 heteroatoms. The summed E-state index contributed by atoms with van der Waals surface area (Å²) in [5, 5.41) is 0.720. The SMILES string of the molecule is Cc1cccc(OCCCN2C(=O)C3(OCCO3)c3ccc(Cl)c(Cl)c32)c1. The van der Waals surface area contributed by atoms with Crippen LogP contribution in [0.1, 0.15) is 17.5 Å². The third-order valence-corrected chi connectivity index (χ3v) is 5.49. The number of carbonyl (C=O) groups excluding carboxylic acids is 1. The van der Waals surface area contributed by atoms with E-state index in [0.717, 1.165) is 11.3 Å². The normalized spacial score (nSPS) is 17.6. The second kappa shape index (κ2) is 7.32. The van der Waals surface area contributed by atoms with Crippen LogP contribution in [0.2, 0.25) is 10.0 Å². The van der Waals surface area contributed by atoms with Crippen LogP contribution in [-0.4, -0.2) is 32.3 Å². The molecule has 142 valence electrons. The predicted octanol–water partition coefficient (Wildman–Crippen LogP) is 4.32. The Bertz CT molecular complexity index is 880. The molecule has 0 radical (unpaired) electrons. The van der Waals surface area contributed by atoms with Crippen molar-refractivity contribution < 1.29 is 19.0 Å². The van der Waals surface area contributed by atoms with Crippen LogP contribution in [0.15, 0.2) is 36.4 Å². The van der Waals surface area contributed by atoms with Gasteiger partial charge >= 0.3 is 0 Å². The maximum Gasteiger partial charge on any atom is 0.292 e. The second-order valence-corrected chi connectivity index (χ2v) is 7.33.